The predicted octanol–water partition coefficient (Wildman–Crippen LogP) is 5.15. The molecule has 1 unspecified atom stereocenters. The van der Waals surface area contributed by atoms with Crippen molar-refractivity contribution >= 4 is 23.1 Å². The molecule has 1 saturated heterocycles. The summed E-state index contributed by atoms with van der Waals surface area (Å²) in [7, 11) is 1.47. The first-order valence-electron chi connectivity index (χ1n) is 10.7. The van der Waals surface area contributed by atoms with Gasteiger partial charge in [0.05, 0.1) is 24.3 Å². The average Bonchev–Trinajstić information content (AvgIpc) is 3.09. The first-order chi connectivity index (χ1) is 15.8. The highest BCUT2D eigenvalue weighted by Crippen LogP contribution is 2.43. The molecule has 33 heavy (non-hydrogen) atoms. The molecule has 0 aliphatic carbocycles. The summed E-state index contributed by atoms with van der Waals surface area (Å²) in [5.41, 5.74) is 2.50. The van der Waals surface area contributed by atoms with Crippen LogP contribution in [0.5, 0.6) is 11.5 Å². The zero-order valence-corrected chi connectivity index (χ0v) is 18.6. The number of anilines is 1. The summed E-state index contributed by atoms with van der Waals surface area (Å²) >= 11 is 0. The largest absolute Gasteiger partial charge is 0.508 e. The molecular formula is C27H25NO5. The summed E-state index contributed by atoms with van der Waals surface area (Å²) in [5.74, 6) is -1.09. The smallest absolute Gasteiger partial charge is 0.300 e. The summed E-state index contributed by atoms with van der Waals surface area (Å²) in [6.45, 7) is 4.15. The topological polar surface area (TPSA) is 87.1 Å². The van der Waals surface area contributed by atoms with Crippen LogP contribution in [0, 0.1) is 0 Å². The minimum atomic E-state index is -0.875. The number of aromatic hydroxyl groups is 1. The first-order valence-corrected chi connectivity index (χ1v) is 10.7. The summed E-state index contributed by atoms with van der Waals surface area (Å²) in [6, 6.07) is 19.6. The van der Waals surface area contributed by atoms with Crippen LogP contribution in [-0.4, -0.2) is 29.0 Å². The van der Waals surface area contributed by atoms with Crippen LogP contribution in [0.2, 0.25) is 0 Å². The fraction of sp³-hybridized carbons (Fsp3) is 0.185. The van der Waals surface area contributed by atoms with E-state index in [-0.39, 0.29) is 17.1 Å². The number of Topliss-reactive ketones (excluding diaryl/α,β-unsaturated/α-hetero) is 1. The van der Waals surface area contributed by atoms with Crippen LogP contribution in [0.1, 0.15) is 42.5 Å². The number of carbonyl (C=O) groups is 2. The van der Waals surface area contributed by atoms with Crippen LogP contribution in [0.3, 0.4) is 0 Å². The van der Waals surface area contributed by atoms with Crippen molar-refractivity contribution in [1.29, 1.82) is 0 Å². The lowest BCUT2D eigenvalue weighted by Gasteiger charge is -2.26. The molecule has 0 bridgehead atoms. The molecule has 0 spiro atoms. The maximum atomic E-state index is 13.2. The number of ketones is 1. The van der Waals surface area contributed by atoms with Gasteiger partial charge in [-0.3, -0.25) is 14.5 Å². The van der Waals surface area contributed by atoms with E-state index in [0.717, 1.165) is 5.56 Å². The highest BCUT2D eigenvalue weighted by Gasteiger charge is 2.47. The van der Waals surface area contributed by atoms with Crippen molar-refractivity contribution in [2.45, 2.75) is 25.8 Å². The Labute approximate surface area is 192 Å². The van der Waals surface area contributed by atoms with Gasteiger partial charge in [0.1, 0.15) is 17.3 Å². The Morgan fingerprint density at radius 2 is 1.58 bits per heavy atom. The van der Waals surface area contributed by atoms with Gasteiger partial charge in [0.15, 0.2) is 0 Å². The molecule has 3 aromatic rings. The average molecular weight is 443 g/mol. The number of amides is 1. The highest BCUT2D eigenvalue weighted by atomic mass is 16.5. The van der Waals surface area contributed by atoms with Crippen LogP contribution >= 0.6 is 0 Å². The van der Waals surface area contributed by atoms with E-state index in [2.05, 4.69) is 13.8 Å². The van der Waals surface area contributed by atoms with E-state index < -0.39 is 17.7 Å². The standard InChI is InChI=1S/C27H25NO5/c1-16(2)17-8-12-19(13-9-17)28-24(18-10-14-20(29)15-11-18)23(26(31)27(28)32)25(30)21-6-4-5-7-22(21)33-3/h4-16,24,29-30H,1-3H3/b25-23-. The molecule has 1 amide bonds. The van der Waals surface area contributed by atoms with E-state index >= 15 is 0 Å². The molecule has 6 heteroatoms. The first kappa shape index (κ1) is 22.1. The van der Waals surface area contributed by atoms with Crippen LogP contribution in [0.25, 0.3) is 5.76 Å². The van der Waals surface area contributed by atoms with E-state index in [1.165, 1.54) is 24.1 Å². The van der Waals surface area contributed by atoms with Crippen molar-refractivity contribution in [3.05, 3.63) is 95.1 Å². The Hall–Kier alpha value is -4.06. The van der Waals surface area contributed by atoms with Gasteiger partial charge >= 0.3 is 0 Å². The summed E-state index contributed by atoms with van der Waals surface area (Å²) in [5, 5.41) is 21.0. The third-order valence-corrected chi connectivity index (χ3v) is 5.85. The van der Waals surface area contributed by atoms with E-state index in [4.69, 9.17) is 4.74 Å². The van der Waals surface area contributed by atoms with Crippen LogP contribution in [0.4, 0.5) is 5.69 Å². The predicted molar refractivity (Wildman–Crippen MR) is 126 cm³/mol. The number of methoxy groups -OCH3 is 1. The molecule has 0 aromatic heterocycles. The van der Waals surface area contributed by atoms with Gasteiger partial charge in [-0.25, -0.2) is 0 Å². The minimum absolute atomic E-state index is 0.0388. The molecular weight excluding hydrogens is 418 g/mol. The number of phenolic OH excluding ortho intramolecular Hbond substituents is 1. The number of hydrogen-bond acceptors (Lipinski definition) is 5. The fourth-order valence-electron chi connectivity index (χ4n) is 4.08. The lowest BCUT2D eigenvalue weighted by Crippen LogP contribution is -2.29. The van der Waals surface area contributed by atoms with Gasteiger partial charge in [-0.15, -0.1) is 0 Å². The van der Waals surface area contributed by atoms with Crippen molar-refractivity contribution in [3.63, 3.8) is 0 Å². The maximum Gasteiger partial charge on any atom is 0.300 e. The number of phenols is 1. The molecule has 0 radical (unpaired) electrons. The second kappa shape index (κ2) is 8.82. The number of benzene rings is 3. The third kappa shape index (κ3) is 3.96. The number of rotatable bonds is 5. The Morgan fingerprint density at radius 1 is 0.939 bits per heavy atom. The van der Waals surface area contributed by atoms with Crippen LogP contribution in [0.15, 0.2) is 78.4 Å². The van der Waals surface area contributed by atoms with E-state index in [0.29, 0.717) is 28.5 Å². The fourth-order valence-corrected chi connectivity index (χ4v) is 4.08. The minimum Gasteiger partial charge on any atom is -0.508 e. The lowest BCUT2D eigenvalue weighted by atomic mass is 9.94. The van der Waals surface area contributed by atoms with Gasteiger partial charge in [-0.2, -0.15) is 0 Å². The monoisotopic (exact) mass is 443 g/mol. The molecule has 1 heterocycles. The Balaban J connectivity index is 1.93. The maximum absolute atomic E-state index is 13.2. The van der Waals surface area contributed by atoms with Crippen LogP contribution < -0.4 is 9.64 Å². The highest BCUT2D eigenvalue weighted by molar-refractivity contribution is 6.51. The van der Waals surface area contributed by atoms with Crippen molar-refractivity contribution in [1.82, 2.24) is 0 Å². The number of aliphatic hydroxyl groups is 1. The Morgan fingerprint density at radius 3 is 2.18 bits per heavy atom. The van der Waals surface area contributed by atoms with Crippen molar-refractivity contribution in [2.75, 3.05) is 12.0 Å². The molecule has 1 aliphatic rings. The summed E-state index contributed by atoms with van der Waals surface area (Å²) in [6.07, 6.45) is 0. The quantitative estimate of drug-likeness (QED) is 0.324. The SMILES string of the molecule is COc1ccccc1/C(O)=C1/C(=O)C(=O)N(c2ccc(C(C)C)cc2)C1c1ccc(O)cc1. The van der Waals surface area contributed by atoms with E-state index in [1.54, 1.807) is 48.5 Å². The van der Waals surface area contributed by atoms with Crippen molar-refractivity contribution in [3.8, 4) is 11.5 Å². The zero-order valence-electron chi connectivity index (χ0n) is 18.6. The number of aliphatic hydroxyl groups excluding tert-OH is 1. The van der Waals surface area contributed by atoms with Crippen molar-refractivity contribution < 1.29 is 24.5 Å². The van der Waals surface area contributed by atoms with Crippen LogP contribution in [-0.2, 0) is 9.59 Å². The molecule has 3 aromatic carbocycles. The lowest BCUT2D eigenvalue weighted by molar-refractivity contribution is -0.132. The second-order valence-corrected chi connectivity index (χ2v) is 8.21. The number of nitrogens with zero attached hydrogens (tertiary/aromatic N) is 1. The molecule has 0 saturated carbocycles. The van der Waals surface area contributed by atoms with Gasteiger partial charge in [0, 0.05) is 5.69 Å². The molecule has 1 fully saturated rings. The number of ether oxygens (including phenoxy) is 1. The molecule has 1 atom stereocenters. The number of carbonyl (C=O) groups excluding carboxylic acids is 2. The second-order valence-electron chi connectivity index (χ2n) is 8.21. The zero-order chi connectivity index (χ0) is 23.7. The Bertz CT molecular complexity index is 1230. The van der Waals surface area contributed by atoms with Crippen molar-refractivity contribution in [2.24, 2.45) is 0 Å². The summed E-state index contributed by atoms with van der Waals surface area (Å²) in [4.78, 5) is 27.8. The van der Waals surface area contributed by atoms with Gasteiger partial charge in [0.2, 0.25) is 0 Å². The van der Waals surface area contributed by atoms with Gasteiger partial charge in [-0.05, 0) is 53.4 Å². The number of hydrogen-bond donors (Lipinski definition) is 2. The van der Waals surface area contributed by atoms with E-state index in [1.807, 2.05) is 12.1 Å². The molecule has 168 valence electrons. The third-order valence-electron chi connectivity index (χ3n) is 5.85. The van der Waals surface area contributed by atoms with Gasteiger partial charge in [-0.1, -0.05) is 50.2 Å². The van der Waals surface area contributed by atoms with E-state index in [9.17, 15) is 19.8 Å². The molecule has 6 nitrogen and oxygen atoms in total. The number of para-hydroxylation sites is 1. The van der Waals surface area contributed by atoms with Gasteiger partial charge < -0.3 is 14.9 Å². The summed E-state index contributed by atoms with van der Waals surface area (Å²) < 4.78 is 5.35. The molecule has 1 aliphatic heterocycles. The molecule has 2 N–H and O–H groups in total. The Kier molecular flexibility index (Phi) is 5.92. The molecule has 4 rings (SSSR count). The van der Waals surface area contributed by atoms with Gasteiger partial charge in [0.25, 0.3) is 11.7 Å². The normalized spacial score (nSPS) is 17.6.